The van der Waals surface area contributed by atoms with Crippen molar-refractivity contribution >= 4 is 17.7 Å². The van der Waals surface area contributed by atoms with E-state index in [0.29, 0.717) is 17.2 Å². The molecule has 100 valence electrons. The van der Waals surface area contributed by atoms with E-state index < -0.39 is 5.97 Å². The predicted octanol–water partition coefficient (Wildman–Crippen LogP) is 2.71. The molecule has 1 rings (SSSR count). The second-order valence-electron chi connectivity index (χ2n) is 3.95. The van der Waals surface area contributed by atoms with E-state index in [2.05, 4.69) is 0 Å². The minimum absolute atomic E-state index is 0.0473. The molecular formula is C13H18FNO2S. The van der Waals surface area contributed by atoms with Crippen LogP contribution in [-0.4, -0.2) is 41.4 Å². The standard InChI is InChI=1S/C13H18FNO2S/c1-2-7-15(10-13(16)17)8-9-18-12-6-4-3-5-11(12)14/h3-6H,2,7-10H2,1H3,(H,16,17). The molecule has 0 fully saturated rings. The summed E-state index contributed by atoms with van der Waals surface area (Å²) < 4.78 is 13.3. The highest BCUT2D eigenvalue weighted by Gasteiger charge is 2.09. The molecule has 1 N–H and O–H groups in total. The fourth-order valence-electron chi connectivity index (χ4n) is 1.62. The SMILES string of the molecule is CCCN(CCSc1ccccc1F)CC(=O)O. The van der Waals surface area contributed by atoms with Crippen molar-refractivity contribution < 1.29 is 14.3 Å². The first kappa shape index (κ1) is 15.0. The molecule has 0 bridgehead atoms. The molecule has 18 heavy (non-hydrogen) atoms. The number of benzene rings is 1. The van der Waals surface area contributed by atoms with E-state index in [-0.39, 0.29) is 12.4 Å². The lowest BCUT2D eigenvalue weighted by atomic mass is 10.3. The van der Waals surface area contributed by atoms with Crippen LogP contribution >= 0.6 is 11.8 Å². The number of carboxylic acid groups (broad SMARTS) is 1. The minimum atomic E-state index is -0.820. The molecule has 0 saturated heterocycles. The molecule has 0 heterocycles. The van der Waals surface area contributed by atoms with Gasteiger partial charge in [-0.25, -0.2) is 4.39 Å². The summed E-state index contributed by atoms with van der Waals surface area (Å²) >= 11 is 1.42. The van der Waals surface area contributed by atoms with Crippen LogP contribution in [0.3, 0.4) is 0 Å². The van der Waals surface area contributed by atoms with Crippen LogP contribution in [0.25, 0.3) is 0 Å². The van der Waals surface area contributed by atoms with Crippen LogP contribution in [0.15, 0.2) is 29.2 Å². The monoisotopic (exact) mass is 271 g/mol. The van der Waals surface area contributed by atoms with Gasteiger partial charge in [0.25, 0.3) is 0 Å². The van der Waals surface area contributed by atoms with E-state index in [1.165, 1.54) is 17.8 Å². The smallest absolute Gasteiger partial charge is 0.317 e. The first-order valence-electron chi connectivity index (χ1n) is 5.95. The Balaban J connectivity index is 2.38. The average Bonchev–Trinajstić information content (AvgIpc) is 2.31. The summed E-state index contributed by atoms with van der Waals surface area (Å²) in [5.74, 6) is -0.351. The Morgan fingerprint density at radius 2 is 2.11 bits per heavy atom. The number of hydrogen-bond acceptors (Lipinski definition) is 3. The molecule has 0 aliphatic carbocycles. The summed E-state index contributed by atoms with van der Waals surface area (Å²) in [4.78, 5) is 13.1. The van der Waals surface area contributed by atoms with Gasteiger partial charge in [-0.3, -0.25) is 9.69 Å². The second kappa shape index (κ2) is 8.11. The number of thioether (sulfide) groups is 1. The van der Waals surface area contributed by atoms with E-state index in [9.17, 15) is 9.18 Å². The van der Waals surface area contributed by atoms with Crippen molar-refractivity contribution in [3.05, 3.63) is 30.1 Å². The largest absolute Gasteiger partial charge is 0.480 e. The molecule has 3 nitrogen and oxygen atoms in total. The quantitative estimate of drug-likeness (QED) is 0.738. The third kappa shape index (κ3) is 5.51. The minimum Gasteiger partial charge on any atom is -0.480 e. The van der Waals surface area contributed by atoms with Crippen molar-refractivity contribution in [2.75, 3.05) is 25.4 Å². The first-order valence-corrected chi connectivity index (χ1v) is 6.93. The number of rotatable bonds is 8. The lowest BCUT2D eigenvalue weighted by Crippen LogP contribution is -2.32. The zero-order valence-electron chi connectivity index (χ0n) is 10.4. The van der Waals surface area contributed by atoms with Gasteiger partial charge in [0.05, 0.1) is 6.54 Å². The van der Waals surface area contributed by atoms with Crippen LogP contribution in [0.2, 0.25) is 0 Å². The van der Waals surface area contributed by atoms with E-state index in [1.54, 1.807) is 18.2 Å². The number of aliphatic carboxylic acids is 1. The van der Waals surface area contributed by atoms with E-state index >= 15 is 0 Å². The van der Waals surface area contributed by atoms with Crippen LogP contribution in [0.5, 0.6) is 0 Å². The lowest BCUT2D eigenvalue weighted by Gasteiger charge is -2.18. The molecule has 5 heteroatoms. The van der Waals surface area contributed by atoms with Gasteiger partial charge < -0.3 is 5.11 Å². The number of halogens is 1. The van der Waals surface area contributed by atoms with Crippen LogP contribution in [-0.2, 0) is 4.79 Å². The summed E-state index contributed by atoms with van der Waals surface area (Å²) in [5.41, 5.74) is 0. The predicted molar refractivity (Wildman–Crippen MR) is 71.5 cm³/mol. The van der Waals surface area contributed by atoms with E-state index in [0.717, 1.165) is 13.0 Å². The van der Waals surface area contributed by atoms with Gasteiger partial charge in [0.15, 0.2) is 0 Å². The Morgan fingerprint density at radius 3 is 2.72 bits per heavy atom. The van der Waals surface area contributed by atoms with Crippen molar-refractivity contribution in [2.45, 2.75) is 18.2 Å². The summed E-state index contributed by atoms with van der Waals surface area (Å²) in [7, 11) is 0. The number of carbonyl (C=O) groups is 1. The number of nitrogens with zero attached hydrogens (tertiary/aromatic N) is 1. The normalized spacial score (nSPS) is 10.8. The Bertz CT molecular complexity index is 387. The molecule has 0 unspecified atom stereocenters. The second-order valence-corrected chi connectivity index (χ2v) is 5.09. The molecule has 0 amide bonds. The summed E-state index contributed by atoms with van der Waals surface area (Å²) in [6.07, 6.45) is 0.914. The van der Waals surface area contributed by atoms with Crippen LogP contribution in [0.1, 0.15) is 13.3 Å². The third-order valence-electron chi connectivity index (χ3n) is 2.40. The summed E-state index contributed by atoms with van der Waals surface area (Å²) in [6, 6.07) is 6.63. The maximum Gasteiger partial charge on any atom is 0.317 e. The molecule has 0 aliphatic rings. The van der Waals surface area contributed by atoms with Gasteiger partial charge in [0.1, 0.15) is 5.82 Å². The van der Waals surface area contributed by atoms with Gasteiger partial charge >= 0.3 is 5.97 Å². The molecular weight excluding hydrogens is 253 g/mol. The Labute approximate surface area is 111 Å². The average molecular weight is 271 g/mol. The molecule has 0 spiro atoms. The van der Waals surface area contributed by atoms with Crippen LogP contribution < -0.4 is 0 Å². The maximum atomic E-state index is 13.3. The Hall–Kier alpha value is -1.07. The van der Waals surface area contributed by atoms with Crippen molar-refractivity contribution in [3.8, 4) is 0 Å². The molecule has 0 aliphatic heterocycles. The van der Waals surface area contributed by atoms with Gasteiger partial charge in [-0.1, -0.05) is 19.1 Å². The summed E-state index contributed by atoms with van der Waals surface area (Å²) in [6.45, 7) is 3.47. The maximum absolute atomic E-state index is 13.3. The van der Waals surface area contributed by atoms with Crippen molar-refractivity contribution in [1.82, 2.24) is 4.90 Å². The van der Waals surface area contributed by atoms with Crippen molar-refractivity contribution in [2.24, 2.45) is 0 Å². The fourth-order valence-corrected chi connectivity index (χ4v) is 2.57. The molecule has 0 saturated carbocycles. The van der Waals surface area contributed by atoms with Gasteiger partial charge in [-0.05, 0) is 25.1 Å². The summed E-state index contributed by atoms with van der Waals surface area (Å²) in [5, 5.41) is 8.76. The molecule has 1 aromatic rings. The zero-order valence-corrected chi connectivity index (χ0v) is 11.3. The van der Waals surface area contributed by atoms with Crippen molar-refractivity contribution in [1.29, 1.82) is 0 Å². The van der Waals surface area contributed by atoms with E-state index in [4.69, 9.17) is 5.11 Å². The third-order valence-corrected chi connectivity index (χ3v) is 3.43. The highest BCUT2D eigenvalue weighted by Crippen LogP contribution is 2.20. The van der Waals surface area contributed by atoms with E-state index in [1.807, 2.05) is 11.8 Å². The van der Waals surface area contributed by atoms with Gasteiger partial charge in [-0.2, -0.15) is 0 Å². The molecule has 0 atom stereocenters. The highest BCUT2D eigenvalue weighted by atomic mass is 32.2. The topological polar surface area (TPSA) is 40.5 Å². The molecule has 1 aromatic carbocycles. The Kier molecular flexibility index (Phi) is 6.75. The zero-order chi connectivity index (χ0) is 13.4. The highest BCUT2D eigenvalue weighted by molar-refractivity contribution is 7.99. The van der Waals surface area contributed by atoms with Crippen molar-refractivity contribution in [3.63, 3.8) is 0 Å². The van der Waals surface area contributed by atoms with Crippen LogP contribution in [0.4, 0.5) is 4.39 Å². The van der Waals surface area contributed by atoms with Gasteiger partial charge in [0.2, 0.25) is 0 Å². The molecule has 0 aromatic heterocycles. The van der Waals surface area contributed by atoms with Crippen LogP contribution in [0, 0.1) is 5.82 Å². The fraction of sp³-hybridized carbons (Fsp3) is 0.462. The number of carboxylic acids is 1. The first-order chi connectivity index (χ1) is 8.63. The Morgan fingerprint density at radius 1 is 1.39 bits per heavy atom. The van der Waals surface area contributed by atoms with Gasteiger partial charge in [0, 0.05) is 17.2 Å². The van der Waals surface area contributed by atoms with Gasteiger partial charge in [-0.15, -0.1) is 11.8 Å². The molecule has 0 radical (unpaired) electrons. The number of hydrogen-bond donors (Lipinski definition) is 1. The lowest BCUT2D eigenvalue weighted by molar-refractivity contribution is -0.138.